The van der Waals surface area contributed by atoms with Crippen molar-refractivity contribution in [1.82, 2.24) is 29.9 Å². The highest BCUT2D eigenvalue weighted by Crippen LogP contribution is 2.30. The number of nitrogens with one attached hydrogen (secondary N) is 4. The second-order valence-corrected chi connectivity index (χ2v) is 14.7. The minimum absolute atomic E-state index is 0.0608. The van der Waals surface area contributed by atoms with E-state index in [1.54, 1.807) is 30.3 Å². The van der Waals surface area contributed by atoms with Crippen molar-refractivity contribution >= 4 is 33.7 Å². The molecule has 1 saturated carbocycles. The number of alkyl halides is 2. The topological polar surface area (TPSA) is 175 Å². The van der Waals surface area contributed by atoms with E-state index in [9.17, 15) is 27.6 Å². The smallest absolute Gasteiger partial charge is 0.379 e. The third kappa shape index (κ3) is 11.8. The Morgan fingerprint density at radius 2 is 1.51 bits per heavy atom. The van der Waals surface area contributed by atoms with Gasteiger partial charge in [0.15, 0.2) is 0 Å². The fraction of sp³-hybridized carbons (Fsp3) is 0.647. The molecule has 0 radical (unpaired) electrons. The van der Waals surface area contributed by atoms with Crippen LogP contribution in [0.5, 0.6) is 0 Å². The summed E-state index contributed by atoms with van der Waals surface area (Å²) in [6.07, 6.45) is 4.02. The standard InChI is InChI=1S/C34H50F2N6O8S/c1-2-9-27(38-32(45)28(24-25-10-5-3-6-11-25)40-51(47,48)42-18-22-50-23-19-42)31(44)39-29(26-12-7-4-8-13-26)30(43)34(35,36)33(46)37-14-15-41-16-20-49-21-17-41/h2-3,5-6,10-11,26-29,40H,1,4,7-9,12-24H2,(H,37,46)(H,38,45)(H,39,44)/t27-,28-,29-/m0/s1. The zero-order chi connectivity index (χ0) is 36.9. The molecule has 4 N–H and O–H groups in total. The van der Waals surface area contributed by atoms with E-state index in [0.29, 0.717) is 64.1 Å². The van der Waals surface area contributed by atoms with Crippen molar-refractivity contribution in [2.75, 3.05) is 65.7 Å². The molecule has 2 heterocycles. The van der Waals surface area contributed by atoms with Gasteiger partial charge in [0.2, 0.25) is 17.6 Å². The summed E-state index contributed by atoms with van der Waals surface area (Å²) in [6, 6.07) is 4.21. The molecule has 0 unspecified atom stereocenters. The van der Waals surface area contributed by atoms with Gasteiger partial charge < -0.3 is 25.4 Å². The van der Waals surface area contributed by atoms with Crippen LogP contribution in [0, 0.1) is 5.92 Å². The number of carbonyl (C=O) groups is 4. The molecule has 14 nitrogen and oxygen atoms in total. The highest BCUT2D eigenvalue weighted by atomic mass is 32.2. The van der Waals surface area contributed by atoms with Gasteiger partial charge in [-0.1, -0.05) is 55.7 Å². The molecule has 3 fully saturated rings. The SMILES string of the molecule is C=CC[C@H](NC(=O)[C@H](Cc1ccccc1)NS(=O)(=O)N1CCOCC1)C(=O)N[C@H](C(=O)C(F)(F)C(=O)NCCN1CCOCC1)C1CCCCC1. The summed E-state index contributed by atoms with van der Waals surface area (Å²) < 4.78 is 71.7. The monoisotopic (exact) mass is 740 g/mol. The van der Waals surface area contributed by atoms with Crippen molar-refractivity contribution in [2.24, 2.45) is 5.92 Å². The second-order valence-electron chi connectivity index (χ2n) is 13.0. The minimum atomic E-state index is -4.43. The number of amides is 3. The maximum Gasteiger partial charge on any atom is 0.383 e. The van der Waals surface area contributed by atoms with E-state index in [-0.39, 0.29) is 45.7 Å². The first-order valence-electron chi connectivity index (χ1n) is 17.5. The molecule has 4 rings (SSSR count). The van der Waals surface area contributed by atoms with Gasteiger partial charge in [-0.3, -0.25) is 24.1 Å². The predicted molar refractivity (Wildman–Crippen MR) is 184 cm³/mol. The lowest BCUT2D eigenvalue weighted by Gasteiger charge is -2.33. The number of Topliss-reactive ketones (excluding diaryl/α,β-unsaturated/α-hetero) is 1. The minimum Gasteiger partial charge on any atom is -0.379 e. The molecule has 1 aromatic carbocycles. The Balaban J connectivity index is 1.48. The number of ether oxygens (including phenoxy) is 2. The Labute approximate surface area is 298 Å². The van der Waals surface area contributed by atoms with E-state index in [4.69, 9.17) is 9.47 Å². The Morgan fingerprint density at radius 1 is 0.902 bits per heavy atom. The van der Waals surface area contributed by atoms with Crippen LogP contribution < -0.4 is 20.7 Å². The number of hydrogen-bond donors (Lipinski definition) is 4. The van der Waals surface area contributed by atoms with E-state index >= 15 is 8.78 Å². The van der Waals surface area contributed by atoms with Crippen LogP contribution >= 0.6 is 0 Å². The van der Waals surface area contributed by atoms with Crippen molar-refractivity contribution in [2.45, 2.75) is 69.0 Å². The summed E-state index contributed by atoms with van der Waals surface area (Å²) in [5, 5.41) is 7.15. The summed E-state index contributed by atoms with van der Waals surface area (Å²) in [6.45, 7) is 6.57. The first-order chi connectivity index (χ1) is 24.4. The summed E-state index contributed by atoms with van der Waals surface area (Å²) >= 11 is 0. The van der Waals surface area contributed by atoms with Gasteiger partial charge in [0.05, 0.1) is 32.5 Å². The molecule has 3 aliphatic rings. The summed E-state index contributed by atoms with van der Waals surface area (Å²) in [4.78, 5) is 55.6. The lowest BCUT2D eigenvalue weighted by atomic mass is 9.80. The van der Waals surface area contributed by atoms with Crippen LogP contribution in [0.15, 0.2) is 43.0 Å². The molecule has 3 amide bonds. The highest BCUT2D eigenvalue weighted by molar-refractivity contribution is 7.87. The van der Waals surface area contributed by atoms with Crippen LogP contribution in [-0.2, 0) is 45.3 Å². The van der Waals surface area contributed by atoms with E-state index in [1.165, 1.54) is 6.08 Å². The lowest BCUT2D eigenvalue weighted by Crippen LogP contribution is -2.61. The molecule has 0 spiro atoms. The molecule has 1 aromatic rings. The highest BCUT2D eigenvalue weighted by Gasteiger charge is 2.52. The van der Waals surface area contributed by atoms with Crippen molar-refractivity contribution in [3.63, 3.8) is 0 Å². The molecule has 0 aromatic heterocycles. The lowest BCUT2D eigenvalue weighted by molar-refractivity contribution is -0.161. The number of halogens is 2. The maximum atomic E-state index is 15.5. The van der Waals surface area contributed by atoms with Gasteiger partial charge in [0.25, 0.3) is 16.1 Å². The van der Waals surface area contributed by atoms with Crippen LogP contribution in [-0.4, -0.2) is 131 Å². The van der Waals surface area contributed by atoms with E-state index in [2.05, 4.69) is 27.3 Å². The zero-order valence-electron chi connectivity index (χ0n) is 28.8. The molecule has 17 heteroatoms. The van der Waals surface area contributed by atoms with Gasteiger partial charge in [-0.15, -0.1) is 6.58 Å². The molecule has 2 aliphatic heterocycles. The Morgan fingerprint density at radius 3 is 2.14 bits per heavy atom. The van der Waals surface area contributed by atoms with Crippen LogP contribution in [0.25, 0.3) is 0 Å². The van der Waals surface area contributed by atoms with Crippen molar-refractivity contribution in [3.05, 3.63) is 48.6 Å². The number of benzene rings is 1. The summed E-state index contributed by atoms with van der Waals surface area (Å²) in [5.41, 5.74) is 0.639. The predicted octanol–water partition coefficient (Wildman–Crippen LogP) is 0.543. The third-order valence-corrected chi connectivity index (χ3v) is 11.0. The fourth-order valence-corrected chi connectivity index (χ4v) is 7.77. The second kappa shape index (κ2) is 19.5. The van der Waals surface area contributed by atoms with E-state index in [1.807, 2.05) is 4.90 Å². The number of carbonyl (C=O) groups excluding carboxylic acids is 4. The van der Waals surface area contributed by atoms with Gasteiger partial charge in [-0.25, -0.2) is 0 Å². The zero-order valence-corrected chi connectivity index (χ0v) is 29.6. The van der Waals surface area contributed by atoms with Gasteiger partial charge >= 0.3 is 5.92 Å². The molecule has 3 atom stereocenters. The summed E-state index contributed by atoms with van der Waals surface area (Å²) in [7, 11) is -4.15. The first kappa shape index (κ1) is 40.4. The van der Waals surface area contributed by atoms with Crippen LogP contribution in [0.2, 0.25) is 0 Å². The van der Waals surface area contributed by atoms with Gasteiger partial charge in [0.1, 0.15) is 12.1 Å². The van der Waals surface area contributed by atoms with E-state index < -0.39 is 63.7 Å². The molecule has 1 aliphatic carbocycles. The van der Waals surface area contributed by atoms with Crippen molar-refractivity contribution in [1.29, 1.82) is 0 Å². The number of ketones is 1. The fourth-order valence-electron chi connectivity index (χ4n) is 6.44. The molecule has 51 heavy (non-hydrogen) atoms. The largest absolute Gasteiger partial charge is 0.383 e. The van der Waals surface area contributed by atoms with E-state index in [0.717, 1.165) is 10.7 Å². The van der Waals surface area contributed by atoms with Crippen LogP contribution in [0.3, 0.4) is 0 Å². The van der Waals surface area contributed by atoms with Gasteiger partial charge in [-0.2, -0.15) is 26.2 Å². The average Bonchev–Trinajstić information content (AvgIpc) is 3.14. The Kier molecular flexibility index (Phi) is 15.4. The average molecular weight is 741 g/mol. The third-order valence-electron chi connectivity index (χ3n) is 9.35. The Bertz CT molecular complexity index is 1440. The summed E-state index contributed by atoms with van der Waals surface area (Å²) in [5.74, 6) is -10.4. The quantitative estimate of drug-likeness (QED) is 0.124. The molecular formula is C34H50F2N6O8S. The number of hydrogen-bond acceptors (Lipinski definition) is 9. The number of nitrogens with zero attached hydrogens (tertiary/aromatic N) is 2. The molecule has 2 saturated heterocycles. The van der Waals surface area contributed by atoms with Crippen LogP contribution in [0.1, 0.15) is 44.1 Å². The molecular weight excluding hydrogens is 690 g/mol. The normalized spacial score (nSPS) is 20.0. The van der Waals surface area contributed by atoms with Gasteiger partial charge in [0, 0.05) is 39.3 Å². The van der Waals surface area contributed by atoms with Crippen molar-refractivity contribution in [3.8, 4) is 0 Å². The van der Waals surface area contributed by atoms with Gasteiger partial charge in [-0.05, 0) is 37.2 Å². The van der Waals surface area contributed by atoms with Crippen LogP contribution in [0.4, 0.5) is 8.78 Å². The Hall–Kier alpha value is -3.35. The molecule has 0 bridgehead atoms. The first-order valence-corrected chi connectivity index (χ1v) is 19.0. The van der Waals surface area contributed by atoms with Crippen molar-refractivity contribution < 1.29 is 45.9 Å². The number of rotatable bonds is 18. The maximum absolute atomic E-state index is 15.5. The number of morpholine rings is 2. The molecule has 284 valence electrons.